The minimum absolute atomic E-state index is 0.0357. The van der Waals surface area contributed by atoms with E-state index in [0.29, 0.717) is 10.6 Å². The van der Waals surface area contributed by atoms with Crippen molar-refractivity contribution in [1.82, 2.24) is 25.3 Å². The summed E-state index contributed by atoms with van der Waals surface area (Å²) in [5.74, 6) is -0.531. The molecular weight excluding hydrogens is 469 g/mol. The van der Waals surface area contributed by atoms with Crippen LogP contribution in [0.1, 0.15) is 30.9 Å². The summed E-state index contributed by atoms with van der Waals surface area (Å²) < 4.78 is 13.2. The molecule has 2 saturated heterocycles. The van der Waals surface area contributed by atoms with E-state index in [1.165, 1.54) is 17.0 Å². The quantitative estimate of drug-likeness (QED) is 0.490. The van der Waals surface area contributed by atoms with Crippen LogP contribution in [-0.2, 0) is 17.9 Å². The third kappa shape index (κ3) is 4.68. The second-order valence-electron chi connectivity index (χ2n) is 9.48. The first-order valence-corrected chi connectivity index (χ1v) is 12.1. The number of amides is 3. The fraction of sp³-hybridized carbons (Fsp3) is 0.346. The van der Waals surface area contributed by atoms with Crippen molar-refractivity contribution in [2.45, 2.75) is 38.4 Å². The maximum absolute atomic E-state index is 13.3. The molecule has 0 unspecified atom stereocenters. The lowest BCUT2D eigenvalue weighted by Gasteiger charge is -2.38. The van der Waals surface area contributed by atoms with Crippen LogP contribution in [0.15, 0.2) is 54.7 Å². The number of carbonyl (C=O) groups excluding carboxylic acids is 2. The second-order valence-corrected chi connectivity index (χ2v) is 9.91. The van der Waals surface area contributed by atoms with E-state index in [1.807, 2.05) is 37.4 Å². The number of carbonyl (C=O) groups is 2. The van der Waals surface area contributed by atoms with Crippen LogP contribution in [0.5, 0.6) is 0 Å². The van der Waals surface area contributed by atoms with E-state index in [9.17, 15) is 14.0 Å². The molecule has 3 amide bonds. The molecule has 0 saturated carbocycles. The monoisotopic (exact) mass is 495 g/mol. The number of hydrogen-bond acceptors (Lipinski definition) is 4. The van der Waals surface area contributed by atoms with E-state index >= 15 is 0 Å². The molecule has 35 heavy (non-hydrogen) atoms. The molecule has 2 fully saturated rings. The minimum atomic E-state index is -0.937. The zero-order valence-electron chi connectivity index (χ0n) is 19.4. The highest BCUT2D eigenvalue weighted by atomic mass is 35.5. The van der Waals surface area contributed by atoms with Crippen molar-refractivity contribution in [2.75, 3.05) is 13.1 Å². The lowest BCUT2D eigenvalue weighted by Crippen LogP contribution is -2.53. The van der Waals surface area contributed by atoms with Gasteiger partial charge in [-0.05, 0) is 74.2 Å². The van der Waals surface area contributed by atoms with Gasteiger partial charge in [-0.2, -0.15) is 5.10 Å². The van der Waals surface area contributed by atoms with Crippen LogP contribution in [-0.4, -0.2) is 50.6 Å². The zero-order chi connectivity index (χ0) is 24.6. The summed E-state index contributed by atoms with van der Waals surface area (Å²) in [4.78, 5) is 29.6. The van der Waals surface area contributed by atoms with Gasteiger partial charge in [0.15, 0.2) is 0 Å². The van der Waals surface area contributed by atoms with Crippen LogP contribution >= 0.6 is 11.6 Å². The van der Waals surface area contributed by atoms with E-state index in [4.69, 9.17) is 11.6 Å². The van der Waals surface area contributed by atoms with Gasteiger partial charge in [0.1, 0.15) is 11.4 Å². The van der Waals surface area contributed by atoms with Crippen LogP contribution < -0.4 is 5.32 Å². The number of likely N-dealkylation sites (tertiary alicyclic amines) is 1. The number of nitrogens with one attached hydrogen (secondary N) is 2. The Bertz CT molecular complexity index is 1220. The number of rotatable bonds is 6. The van der Waals surface area contributed by atoms with Crippen molar-refractivity contribution in [3.63, 3.8) is 0 Å². The highest BCUT2D eigenvalue weighted by Crippen LogP contribution is 2.35. The number of halogens is 2. The van der Waals surface area contributed by atoms with Crippen molar-refractivity contribution in [3.05, 3.63) is 76.7 Å². The molecule has 1 aromatic heterocycles. The number of aromatic nitrogens is 2. The molecule has 0 spiro atoms. The number of H-pyrrole nitrogens is 1. The maximum atomic E-state index is 13.3. The molecule has 2 aromatic carbocycles. The van der Waals surface area contributed by atoms with Crippen LogP contribution in [0.2, 0.25) is 5.02 Å². The molecule has 2 N–H and O–H groups in total. The van der Waals surface area contributed by atoms with Crippen LogP contribution in [0.4, 0.5) is 9.18 Å². The zero-order valence-corrected chi connectivity index (χ0v) is 20.2. The van der Waals surface area contributed by atoms with Gasteiger partial charge in [0.25, 0.3) is 5.91 Å². The van der Waals surface area contributed by atoms with Crippen molar-refractivity contribution in [1.29, 1.82) is 0 Å². The van der Waals surface area contributed by atoms with Gasteiger partial charge in [0.05, 0.1) is 18.4 Å². The molecule has 9 heteroatoms. The third-order valence-electron chi connectivity index (χ3n) is 7.20. The molecule has 0 aliphatic carbocycles. The Morgan fingerprint density at radius 2 is 1.74 bits per heavy atom. The van der Waals surface area contributed by atoms with E-state index in [-0.39, 0.29) is 24.2 Å². The van der Waals surface area contributed by atoms with Gasteiger partial charge < -0.3 is 5.32 Å². The Kier molecular flexibility index (Phi) is 6.34. The molecular formula is C26H27ClFN5O2. The standard InChI is InChI=1S/C26H27ClFN5O2/c1-26(24(34)33(25(35)30-26)15-17-2-8-22(28)9-3-17)20-10-12-32(13-11-20)16-19-14-29-31-23(19)18-4-6-21(27)7-5-18/h2-9,14,20H,10-13,15-16H2,1H3,(H,29,31)(H,30,35)/t26-/m0/s1. The molecule has 0 bridgehead atoms. The Labute approximate surface area is 208 Å². The number of hydrogen-bond donors (Lipinski definition) is 2. The first kappa shape index (κ1) is 23.5. The first-order valence-electron chi connectivity index (χ1n) is 11.7. The number of aromatic amines is 1. The average molecular weight is 496 g/mol. The smallest absolute Gasteiger partial charge is 0.323 e. The topological polar surface area (TPSA) is 81.3 Å². The number of imide groups is 1. The Hall–Kier alpha value is -3.23. The molecule has 3 heterocycles. The molecule has 2 aliphatic heterocycles. The molecule has 5 rings (SSSR count). The number of urea groups is 1. The molecule has 2 aliphatic rings. The predicted octanol–water partition coefficient (Wildman–Crippen LogP) is 4.59. The van der Waals surface area contributed by atoms with Crippen molar-refractivity contribution in [2.24, 2.45) is 5.92 Å². The second kappa shape index (κ2) is 9.43. The Balaban J connectivity index is 1.22. The lowest BCUT2D eigenvalue weighted by molar-refractivity contribution is -0.133. The van der Waals surface area contributed by atoms with Gasteiger partial charge in [-0.1, -0.05) is 35.9 Å². The van der Waals surface area contributed by atoms with Gasteiger partial charge in [-0.25, -0.2) is 9.18 Å². The Morgan fingerprint density at radius 1 is 1.06 bits per heavy atom. The highest BCUT2D eigenvalue weighted by molar-refractivity contribution is 6.30. The van der Waals surface area contributed by atoms with Crippen molar-refractivity contribution < 1.29 is 14.0 Å². The fourth-order valence-electron chi connectivity index (χ4n) is 5.12. The Morgan fingerprint density at radius 3 is 2.43 bits per heavy atom. The third-order valence-corrected chi connectivity index (χ3v) is 7.46. The van der Waals surface area contributed by atoms with Crippen LogP contribution in [0, 0.1) is 11.7 Å². The highest BCUT2D eigenvalue weighted by Gasteiger charge is 2.52. The summed E-state index contributed by atoms with van der Waals surface area (Å²) in [6, 6.07) is 13.1. The van der Waals surface area contributed by atoms with Crippen LogP contribution in [0.25, 0.3) is 11.3 Å². The van der Waals surface area contributed by atoms with Gasteiger partial charge in [0.2, 0.25) is 0 Å². The first-order chi connectivity index (χ1) is 16.8. The van der Waals surface area contributed by atoms with Crippen molar-refractivity contribution >= 4 is 23.5 Å². The molecule has 182 valence electrons. The largest absolute Gasteiger partial charge is 0.325 e. The molecule has 0 radical (unpaired) electrons. The van der Waals surface area contributed by atoms with E-state index in [2.05, 4.69) is 20.4 Å². The van der Waals surface area contributed by atoms with E-state index < -0.39 is 11.6 Å². The summed E-state index contributed by atoms with van der Waals surface area (Å²) in [6.45, 7) is 4.33. The van der Waals surface area contributed by atoms with Crippen molar-refractivity contribution in [3.8, 4) is 11.3 Å². The summed E-state index contributed by atoms with van der Waals surface area (Å²) >= 11 is 6.02. The summed E-state index contributed by atoms with van der Waals surface area (Å²) in [7, 11) is 0. The predicted molar refractivity (Wildman–Crippen MR) is 131 cm³/mol. The SMILES string of the molecule is C[C@@]1(C2CCN(Cc3cn[nH]c3-c3ccc(Cl)cc3)CC2)NC(=O)N(Cc2ccc(F)cc2)C1=O. The van der Waals surface area contributed by atoms with Gasteiger partial charge in [-0.3, -0.25) is 19.7 Å². The van der Waals surface area contributed by atoms with Gasteiger partial charge in [-0.15, -0.1) is 0 Å². The summed E-state index contributed by atoms with van der Waals surface area (Å²) in [6.07, 6.45) is 3.44. The van der Waals surface area contributed by atoms with E-state index in [0.717, 1.165) is 49.3 Å². The van der Waals surface area contributed by atoms with Gasteiger partial charge >= 0.3 is 6.03 Å². The van der Waals surface area contributed by atoms with E-state index in [1.54, 1.807) is 12.1 Å². The summed E-state index contributed by atoms with van der Waals surface area (Å²) in [5.41, 5.74) is 2.89. The number of benzene rings is 2. The minimum Gasteiger partial charge on any atom is -0.323 e. The van der Waals surface area contributed by atoms with Gasteiger partial charge in [0, 0.05) is 17.1 Å². The number of nitrogens with zero attached hydrogens (tertiary/aromatic N) is 3. The molecule has 3 aromatic rings. The number of piperidine rings is 1. The average Bonchev–Trinajstić information content (AvgIpc) is 3.40. The molecule has 7 nitrogen and oxygen atoms in total. The summed E-state index contributed by atoms with van der Waals surface area (Å²) in [5, 5.41) is 11.0. The normalized spacial score (nSPS) is 21.5. The lowest BCUT2D eigenvalue weighted by atomic mass is 9.78. The van der Waals surface area contributed by atoms with Crippen LogP contribution in [0.3, 0.4) is 0 Å². The molecule has 1 atom stereocenters. The maximum Gasteiger partial charge on any atom is 0.325 e. The fourth-order valence-corrected chi connectivity index (χ4v) is 5.24.